The second kappa shape index (κ2) is 9.59. The van der Waals surface area contributed by atoms with Gasteiger partial charge >= 0.3 is 0 Å². The van der Waals surface area contributed by atoms with E-state index in [0.29, 0.717) is 28.1 Å². The number of halogens is 2. The number of carbonyl (C=O) groups is 1. The molecule has 0 spiro atoms. The van der Waals surface area contributed by atoms with Crippen LogP contribution in [0.2, 0.25) is 10.0 Å². The van der Waals surface area contributed by atoms with Crippen LogP contribution in [0.15, 0.2) is 30.3 Å². The van der Waals surface area contributed by atoms with E-state index in [2.05, 4.69) is 22.4 Å². The second-order valence-corrected chi connectivity index (χ2v) is 6.64. The molecule has 2 rings (SSSR count). The summed E-state index contributed by atoms with van der Waals surface area (Å²) in [6.45, 7) is 3.47. The summed E-state index contributed by atoms with van der Waals surface area (Å²) in [6.07, 6.45) is 2.75. The quantitative estimate of drug-likeness (QED) is 0.740. The minimum Gasteiger partial charge on any atom is -0.368 e. The Hall–Kier alpha value is -1.85. The van der Waals surface area contributed by atoms with Crippen LogP contribution < -0.4 is 5.32 Å². The number of nitrogens with zero attached hydrogens (tertiary/aromatic N) is 3. The summed E-state index contributed by atoms with van der Waals surface area (Å²) in [5.41, 5.74) is 1.36. The largest absolute Gasteiger partial charge is 0.368 e. The predicted molar refractivity (Wildman–Crippen MR) is 103 cm³/mol. The molecule has 0 aliphatic heterocycles. The number of unbranched alkanes of at least 4 members (excludes halogenated alkanes) is 1. The number of anilines is 1. The van der Waals surface area contributed by atoms with Gasteiger partial charge < -0.3 is 10.2 Å². The molecule has 1 aromatic carbocycles. The highest BCUT2D eigenvalue weighted by Crippen LogP contribution is 2.21. The molecule has 0 unspecified atom stereocenters. The molecule has 0 bridgehead atoms. The Balaban J connectivity index is 1.86. The zero-order valence-electron chi connectivity index (χ0n) is 14.4. The smallest absolute Gasteiger partial charge is 0.274 e. The van der Waals surface area contributed by atoms with Gasteiger partial charge in [-0.1, -0.05) is 42.6 Å². The van der Waals surface area contributed by atoms with Crippen molar-refractivity contribution in [3.05, 3.63) is 51.6 Å². The van der Waals surface area contributed by atoms with Gasteiger partial charge in [-0.3, -0.25) is 4.79 Å². The van der Waals surface area contributed by atoms with Crippen LogP contribution in [-0.2, 0) is 6.42 Å². The fourth-order valence-corrected chi connectivity index (χ4v) is 2.79. The highest BCUT2D eigenvalue weighted by atomic mass is 35.5. The molecule has 0 fully saturated rings. The van der Waals surface area contributed by atoms with Gasteiger partial charge in [0.05, 0.1) is 0 Å². The summed E-state index contributed by atoms with van der Waals surface area (Å²) >= 11 is 12.0. The van der Waals surface area contributed by atoms with Crippen LogP contribution in [0.3, 0.4) is 0 Å². The Bertz CT molecular complexity index is 707. The summed E-state index contributed by atoms with van der Waals surface area (Å²) in [5, 5.41) is 12.5. The first kappa shape index (κ1) is 19.5. The number of aromatic nitrogens is 2. The number of hydrogen-bond donors (Lipinski definition) is 1. The first-order valence-electron chi connectivity index (χ1n) is 8.28. The van der Waals surface area contributed by atoms with Gasteiger partial charge in [-0.05, 0) is 42.7 Å². The van der Waals surface area contributed by atoms with Crippen LogP contribution in [0.1, 0.15) is 35.8 Å². The number of benzene rings is 1. The van der Waals surface area contributed by atoms with Gasteiger partial charge in [0.15, 0.2) is 5.69 Å². The maximum atomic E-state index is 12.2. The lowest BCUT2D eigenvalue weighted by atomic mass is 10.1. The minimum atomic E-state index is -0.111. The molecule has 1 N–H and O–H groups in total. The molecular formula is C18H22Cl2N4O. The van der Waals surface area contributed by atoms with Gasteiger partial charge in [0.1, 0.15) is 5.82 Å². The summed E-state index contributed by atoms with van der Waals surface area (Å²) in [4.78, 5) is 13.9. The van der Waals surface area contributed by atoms with Crippen molar-refractivity contribution < 1.29 is 4.79 Å². The Morgan fingerprint density at radius 1 is 1.20 bits per heavy atom. The first-order valence-corrected chi connectivity index (χ1v) is 9.04. The molecule has 0 radical (unpaired) electrons. The maximum Gasteiger partial charge on any atom is 0.274 e. The normalized spacial score (nSPS) is 10.6. The van der Waals surface area contributed by atoms with E-state index in [1.807, 2.05) is 12.1 Å². The molecule has 0 saturated carbocycles. The molecule has 0 aliphatic carbocycles. The van der Waals surface area contributed by atoms with Crippen molar-refractivity contribution >= 4 is 34.9 Å². The van der Waals surface area contributed by atoms with Gasteiger partial charge in [0.25, 0.3) is 5.91 Å². The van der Waals surface area contributed by atoms with Crippen molar-refractivity contribution in [3.63, 3.8) is 0 Å². The molecule has 5 nitrogen and oxygen atoms in total. The van der Waals surface area contributed by atoms with Gasteiger partial charge in [-0.15, -0.1) is 10.2 Å². The Labute approximate surface area is 158 Å². The van der Waals surface area contributed by atoms with Crippen LogP contribution >= 0.6 is 23.2 Å². The average Bonchev–Trinajstić information content (AvgIpc) is 2.61. The number of rotatable bonds is 8. The topological polar surface area (TPSA) is 58.1 Å². The molecule has 0 saturated heterocycles. The fourth-order valence-electron chi connectivity index (χ4n) is 2.28. The van der Waals surface area contributed by atoms with E-state index in [1.165, 1.54) is 0 Å². The van der Waals surface area contributed by atoms with Crippen molar-refractivity contribution in [1.29, 1.82) is 0 Å². The predicted octanol–water partition coefficient (Wildman–Crippen LogP) is 4.31. The van der Waals surface area contributed by atoms with Gasteiger partial charge in [-0.2, -0.15) is 0 Å². The zero-order chi connectivity index (χ0) is 18.2. The molecule has 25 heavy (non-hydrogen) atoms. The molecule has 1 amide bonds. The lowest BCUT2D eigenvalue weighted by Gasteiger charge is -2.15. The Morgan fingerprint density at radius 3 is 2.64 bits per heavy atom. The fraction of sp³-hybridized carbons (Fsp3) is 0.389. The van der Waals surface area contributed by atoms with Crippen LogP contribution in [0, 0.1) is 0 Å². The average molecular weight is 381 g/mol. The van der Waals surface area contributed by atoms with Crippen molar-refractivity contribution in [1.82, 2.24) is 15.1 Å². The van der Waals surface area contributed by atoms with Crippen molar-refractivity contribution in [3.8, 4) is 0 Å². The second-order valence-electron chi connectivity index (χ2n) is 5.80. The van der Waals surface area contributed by atoms with E-state index in [4.69, 9.17) is 23.2 Å². The lowest BCUT2D eigenvalue weighted by Crippen LogP contribution is -2.28. The molecular weight excluding hydrogens is 359 g/mol. The van der Waals surface area contributed by atoms with E-state index in [-0.39, 0.29) is 5.91 Å². The van der Waals surface area contributed by atoms with Gasteiger partial charge in [0.2, 0.25) is 0 Å². The van der Waals surface area contributed by atoms with Gasteiger partial charge in [0, 0.05) is 30.2 Å². The summed E-state index contributed by atoms with van der Waals surface area (Å²) < 4.78 is 0. The lowest BCUT2D eigenvalue weighted by molar-refractivity contribution is 0.0786. The van der Waals surface area contributed by atoms with E-state index < -0.39 is 0 Å². The molecule has 1 aromatic heterocycles. The molecule has 1 heterocycles. The number of amides is 1. The molecule has 2 aromatic rings. The number of nitrogens with one attached hydrogen (secondary N) is 1. The van der Waals surface area contributed by atoms with Crippen molar-refractivity contribution in [2.24, 2.45) is 0 Å². The minimum absolute atomic E-state index is 0.111. The van der Waals surface area contributed by atoms with Crippen LogP contribution in [0.25, 0.3) is 0 Å². The van der Waals surface area contributed by atoms with E-state index >= 15 is 0 Å². The van der Waals surface area contributed by atoms with E-state index in [0.717, 1.165) is 31.4 Å². The number of carbonyl (C=O) groups excluding carboxylic acids is 1. The monoisotopic (exact) mass is 380 g/mol. The summed E-state index contributed by atoms with van der Waals surface area (Å²) in [7, 11) is 1.78. The van der Waals surface area contributed by atoms with Crippen molar-refractivity contribution in [2.75, 3.05) is 25.5 Å². The summed E-state index contributed by atoms with van der Waals surface area (Å²) in [5.74, 6) is 0.512. The maximum absolute atomic E-state index is 12.2. The van der Waals surface area contributed by atoms with E-state index in [9.17, 15) is 4.79 Å². The highest BCUT2D eigenvalue weighted by Gasteiger charge is 2.13. The first-order chi connectivity index (χ1) is 12.0. The standard InChI is InChI=1S/C18H22Cl2N4O/c1-3-4-11-24(2)18(25)16-7-8-17(23-22-16)21-10-9-13-5-6-14(19)12-15(13)20/h5-8,12H,3-4,9-11H2,1-2H3,(H,21,23). The van der Waals surface area contributed by atoms with Crippen LogP contribution in [0.4, 0.5) is 5.82 Å². The molecule has 0 atom stereocenters. The SMILES string of the molecule is CCCCN(C)C(=O)c1ccc(NCCc2ccc(Cl)cc2Cl)nn1. The highest BCUT2D eigenvalue weighted by molar-refractivity contribution is 6.35. The molecule has 0 aliphatic rings. The third kappa shape index (κ3) is 5.87. The molecule has 7 heteroatoms. The zero-order valence-corrected chi connectivity index (χ0v) is 15.9. The number of hydrogen-bond acceptors (Lipinski definition) is 4. The Morgan fingerprint density at radius 2 is 2.00 bits per heavy atom. The van der Waals surface area contributed by atoms with Crippen LogP contribution in [0.5, 0.6) is 0 Å². The summed E-state index contributed by atoms with van der Waals surface area (Å²) in [6, 6.07) is 8.91. The van der Waals surface area contributed by atoms with Crippen molar-refractivity contribution in [2.45, 2.75) is 26.2 Å². The molecule has 134 valence electrons. The van der Waals surface area contributed by atoms with Gasteiger partial charge in [-0.25, -0.2) is 0 Å². The Kier molecular flexibility index (Phi) is 7.47. The third-order valence-electron chi connectivity index (χ3n) is 3.79. The third-order valence-corrected chi connectivity index (χ3v) is 4.38. The van der Waals surface area contributed by atoms with Crippen LogP contribution in [-0.4, -0.2) is 41.1 Å². The van der Waals surface area contributed by atoms with E-state index in [1.54, 1.807) is 30.1 Å².